The number of furan rings is 1. The molecule has 0 aliphatic carbocycles. The van der Waals surface area contributed by atoms with E-state index < -0.39 is 0 Å². The predicted molar refractivity (Wildman–Crippen MR) is 137 cm³/mol. The summed E-state index contributed by atoms with van der Waals surface area (Å²) in [4.78, 5) is 33.9. The first kappa shape index (κ1) is 21.7. The number of piperidine rings is 1. The number of anilines is 1. The Hall–Kier alpha value is -3.85. The number of hydrogen-bond donors (Lipinski definition) is 1. The second-order valence-electron chi connectivity index (χ2n) is 9.34. The fourth-order valence-corrected chi connectivity index (χ4v) is 5.29. The molecule has 4 heterocycles. The third-order valence-electron chi connectivity index (χ3n) is 7.05. The van der Waals surface area contributed by atoms with Gasteiger partial charge in [0.1, 0.15) is 11.2 Å². The summed E-state index contributed by atoms with van der Waals surface area (Å²) in [5.41, 5.74) is 8.78. The number of nitrogens with zero attached hydrogens (tertiary/aromatic N) is 5. The van der Waals surface area contributed by atoms with E-state index >= 15 is 0 Å². The minimum Gasteiger partial charge on any atom is -0.456 e. The average Bonchev–Trinajstić information content (AvgIpc) is 3.44. The molecule has 1 aliphatic rings. The fraction of sp³-hybridized carbons (Fsp3) is 0.346. The zero-order chi connectivity index (χ0) is 24.3. The van der Waals surface area contributed by atoms with E-state index in [-0.39, 0.29) is 23.8 Å². The first-order valence-electron chi connectivity index (χ1n) is 12.1. The van der Waals surface area contributed by atoms with Crippen LogP contribution < -0.4 is 21.9 Å². The van der Waals surface area contributed by atoms with Crippen LogP contribution >= 0.6 is 0 Å². The molecule has 9 heteroatoms. The van der Waals surface area contributed by atoms with Crippen LogP contribution in [0, 0.1) is 0 Å². The number of benzene rings is 2. The topological polar surface area (TPSA) is 104 Å². The molecule has 1 saturated heterocycles. The van der Waals surface area contributed by atoms with Crippen LogP contribution in [0.1, 0.15) is 25.3 Å². The highest BCUT2D eigenvalue weighted by Crippen LogP contribution is 2.29. The average molecular weight is 473 g/mol. The summed E-state index contributed by atoms with van der Waals surface area (Å²) in [6, 6.07) is 13.7. The quantitative estimate of drug-likeness (QED) is 0.431. The number of nitrogens with two attached hydrogens (primary N) is 1. The first-order valence-corrected chi connectivity index (χ1v) is 12.1. The summed E-state index contributed by atoms with van der Waals surface area (Å²) in [5, 5.41) is 1.97. The summed E-state index contributed by atoms with van der Waals surface area (Å²) < 4.78 is 10.6. The highest BCUT2D eigenvalue weighted by Gasteiger charge is 2.25. The van der Waals surface area contributed by atoms with E-state index in [9.17, 15) is 9.59 Å². The molecule has 1 atom stereocenters. The number of rotatable bonds is 4. The van der Waals surface area contributed by atoms with Crippen molar-refractivity contribution in [1.82, 2.24) is 18.7 Å². The van der Waals surface area contributed by atoms with Crippen LogP contribution in [0.15, 0.2) is 56.5 Å². The zero-order valence-corrected chi connectivity index (χ0v) is 19.9. The van der Waals surface area contributed by atoms with Crippen LogP contribution in [0.25, 0.3) is 33.1 Å². The van der Waals surface area contributed by atoms with Gasteiger partial charge in [-0.25, -0.2) is 4.79 Å². The minimum atomic E-state index is -0.387. The van der Waals surface area contributed by atoms with Gasteiger partial charge in [-0.3, -0.25) is 13.9 Å². The Morgan fingerprint density at radius 2 is 1.89 bits per heavy atom. The molecule has 2 N–H and O–H groups in total. The van der Waals surface area contributed by atoms with Crippen LogP contribution in [0.5, 0.6) is 0 Å². The molecule has 5 aromatic rings. The van der Waals surface area contributed by atoms with Crippen LogP contribution in [-0.2, 0) is 20.1 Å². The number of aryl methyl sites for hydroxylation is 2. The summed E-state index contributed by atoms with van der Waals surface area (Å²) in [5.74, 6) is 0.703. The van der Waals surface area contributed by atoms with Crippen LogP contribution in [-0.4, -0.2) is 37.8 Å². The molecule has 0 radical (unpaired) electrons. The maximum absolute atomic E-state index is 13.7. The Morgan fingerprint density at radius 3 is 2.69 bits per heavy atom. The van der Waals surface area contributed by atoms with Gasteiger partial charge in [0.15, 0.2) is 11.2 Å². The van der Waals surface area contributed by atoms with Crippen molar-refractivity contribution < 1.29 is 4.42 Å². The van der Waals surface area contributed by atoms with Crippen molar-refractivity contribution in [2.75, 3.05) is 18.0 Å². The summed E-state index contributed by atoms with van der Waals surface area (Å²) >= 11 is 0. The maximum atomic E-state index is 13.7. The Bertz CT molecular complexity index is 1710. The summed E-state index contributed by atoms with van der Waals surface area (Å²) in [7, 11) is 1.67. The zero-order valence-electron chi connectivity index (χ0n) is 19.9. The van der Waals surface area contributed by atoms with E-state index in [4.69, 9.17) is 15.1 Å². The molecule has 0 unspecified atom stereocenters. The first-order chi connectivity index (χ1) is 17.0. The molecule has 0 amide bonds. The Labute approximate surface area is 201 Å². The number of fused-ring (bicyclic) bond motifs is 4. The lowest BCUT2D eigenvalue weighted by atomic mass is 10.1. The highest BCUT2D eigenvalue weighted by molar-refractivity contribution is 6.04. The molecule has 0 spiro atoms. The third-order valence-corrected chi connectivity index (χ3v) is 7.05. The molecule has 1 aliphatic heterocycles. The number of aromatic nitrogens is 4. The molecule has 9 nitrogen and oxygen atoms in total. The van der Waals surface area contributed by atoms with Gasteiger partial charge >= 0.3 is 5.69 Å². The van der Waals surface area contributed by atoms with E-state index in [0.717, 1.165) is 46.9 Å². The second-order valence-corrected chi connectivity index (χ2v) is 9.34. The minimum absolute atomic E-state index is 0.0725. The van der Waals surface area contributed by atoms with Crippen molar-refractivity contribution in [2.24, 2.45) is 12.8 Å². The summed E-state index contributed by atoms with van der Waals surface area (Å²) in [6.45, 7) is 4.23. The highest BCUT2D eigenvalue weighted by atomic mass is 16.3. The van der Waals surface area contributed by atoms with Gasteiger partial charge in [-0.05, 0) is 43.5 Å². The largest absolute Gasteiger partial charge is 0.456 e. The summed E-state index contributed by atoms with van der Waals surface area (Å²) in [6.07, 6.45) is 1.95. The van der Waals surface area contributed by atoms with E-state index in [0.29, 0.717) is 30.2 Å². The van der Waals surface area contributed by atoms with E-state index in [1.165, 1.54) is 9.13 Å². The van der Waals surface area contributed by atoms with Gasteiger partial charge in [0.25, 0.3) is 5.56 Å². The predicted octanol–water partition coefficient (Wildman–Crippen LogP) is 2.79. The van der Waals surface area contributed by atoms with E-state index in [1.54, 1.807) is 7.05 Å². The van der Waals surface area contributed by atoms with Crippen molar-refractivity contribution in [3.63, 3.8) is 0 Å². The lowest BCUT2D eigenvalue weighted by Gasteiger charge is -2.31. The van der Waals surface area contributed by atoms with Crippen molar-refractivity contribution in [1.29, 1.82) is 0 Å². The van der Waals surface area contributed by atoms with E-state index in [1.807, 2.05) is 54.0 Å². The van der Waals surface area contributed by atoms with Crippen molar-refractivity contribution in [3.8, 4) is 0 Å². The molecular weight excluding hydrogens is 444 g/mol. The van der Waals surface area contributed by atoms with E-state index in [2.05, 4.69) is 4.90 Å². The Kier molecular flexibility index (Phi) is 5.03. The van der Waals surface area contributed by atoms with Crippen molar-refractivity contribution >= 4 is 39.1 Å². The number of para-hydroxylation sites is 1. The molecule has 180 valence electrons. The number of imidazole rings is 1. The standard InChI is InChI=1S/C26H28N6O3/c1-3-31-22-23(28-25(31)30-12-6-7-17(27)15-30)29(2)26(34)32(24(22)33)14-16-10-11-21-19(13-16)18-8-4-5-9-20(18)35-21/h4-5,8-11,13,17H,3,6-7,12,14-15,27H2,1-2H3/t17-/m1/s1. The van der Waals surface area contributed by atoms with Gasteiger partial charge in [-0.15, -0.1) is 0 Å². The van der Waals surface area contributed by atoms with Crippen LogP contribution in [0.2, 0.25) is 0 Å². The van der Waals surface area contributed by atoms with Gasteiger partial charge in [0.05, 0.1) is 6.54 Å². The van der Waals surface area contributed by atoms with Gasteiger partial charge in [-0.2, -0.15) is 4.98 Å². The molecular formula is C26H28N6O3. The lowest BCUT2D eigenvalue weighted by molar-refractivity contribution is 0.494. The molecule has 0 saturated carbocycles. The SMILES string of the molecule is CCn1c(N2CCC[C@@H](N)C2)nc2c1c(=O)n(Cc1ccc3oc4ccccc4c3c1)c(=O)n2C. The molecule has 2 aromatic carbocycles. The Morgan fingerprint density at radius 1 is 1.09 bits per heavy atom. The monoisotopic (exact) mass is 472 g/mol. The molecule has 35 heavy (non-hydrogen) atoms. The van der Waals surface area contributed by atoms with Gasteiger partial charge in [-0.1, -0.05) is 24.3 Å². The second kappa shape index (κ2) is 8.13. The van der Waals surface area contributed by atoms with Crippen molar-refractivity contribution in [2.45, 2.75) is 38.9 Å². The van der Waals surface area contributed by atoms with Gasteiger partial charge < -0.3 is 19.6 Å². The van der Waals surface area contributed by atoms with Crippen LogP contribution in [0.3, 0.4) is 0 Å². The fourth-order valence-electron chi connectivity index (χ4n) is 5.29. The molecule has 3 aromatic heterocycles. The Balaban J connectivity index is 1.49. The van der Waals surface area contributed by atoms with Gasteiger partial charge in [0.2, 0.25) is 5.95 Å². The lowest BCUT2D eigenvalue weighted by Crippen LogP contribution is -2.44. The molecule has 6 rings (SSSR count). The van der Waals surface area contributed by atoms with Crippen LogP contribution in [0.4, 0.5) is 5.95 Å². The van der Waals surface area contributed by atoms with Gasteiger partial charge in [0, 0.05) is 43.5 Å². The van der Waals surface area contributed by atoms with Crippen molar-refractivity contribution in [3.05, 3.63) is 68.9 Å². The molecule has 1 fully saturated rings. The third kappa shape index (κ3) is 3.37. The molecule has 0 bridgehead atoms. The normalized spacial score (nSPS) is 16.7. The number of hydrogen-bond acceptors (Lipinski definition) is 6. The maximum Gasteiger partial charge on any atom is 0.332 e. The smallest absolute Gasteiger partial charge is 0.332 e.